The third kappa shape index (κ3) is 6.80. The van der Waals surface area contributed by atoms with E-state index in [1.165, 1.54) is 0 Å². The van der Waals surface area contributed by atoms with Crippen LogP contribution in [0.2, 0.25) is 0 Å². The maximum atomic E-state index is 11.6. The molecule has 0 aliphatic carbocycles. The van der Waals surface area contributed by atoms with Crippen molar-refractivity contribution in [2.45, 2.75) is 90.9 Å². The molecular weight excluding hydrogens is 368 g/mol. The third-order valence-corrected chi connectivity index (χ3v) is 5.51. The highest BCUT2D eigenvalue weighted by Gasteiger charge is 2.46. The summed E-state index contributed by atoms with van der Waals surface area (Å²) in [5.74, 6) is -5.32. The fourth-order valence-electron chi connectivity index (χ4n) is 3.45. The van der Waals surface area contributed by atoms with E-state index in [1.54, 1.807) is 0 Å². The van der Waals surface area contributed by atoms with Gasteiger partial charge in [-0.1, -0.05) is 65.2 Å². The summed E-state index contributed by atoms with van der Waals surface area (Å²) in [4.78, 5) is 46.2. The number of hydrogen-bond donors (Lipinski definition) is 4. The van der Waals surface area contributed by atoms with Gasteiger partial charge in [-0.2, -0.15) is 0 Å². The Morgan fingerprint density at radius 3 is 0.964 bits per heavy atom. The molecule has 0 aromatic rings. The second-order valence-corrected chi connectivity index (χ2v) is 7.51. The predicted octanol–water partition coefficient (Wildman–Crippen LogP) is 4.02. The minimum atomic E-state index is -1.79. The molecule has 0 unspecified atom stereocenters. The van der Waals surface area contributed by atoms with E-state index in [1.807, 2.05) is 13.8 Å². The maximum Gasteiger partial charge on any atom is 0.321 e. The molecule has 0 aromatic heterocycles. The molecule has 4 N–H and O–H groups in total. The average Bonchev–Trinajstić information content (AvgIpc) is 2.61. The van der Waals surface area contributed by atoms with Crippen molar-refractivity contribution in [2.75, 3.05) is 0 Å². The molecule has 0 aliphatic heterocycles. The van der Waals surface area contributed by atoms with Gasteiger partial charge < -0.3 is 20.4 Å². The van der Waals surface area contributed by atoms with E-state index in [0.29, 0.717) is 51.4 Å². The van der Waals surface area contributed by atoms with Crippen molar-refractivity contribution in [3.63, 3.8) is 0 Å². The normalized spacial score (nSPS) is 11.9. The zero-order chi connectivity index (χ0) is 21.8. The highest BCUT2D eigenvalue weighted by atomic mass is 16.4. The van der Waals surface area contributed by atoms with Crippen molar-refractivity contribution in [1.29, 1.82) is 0 Å². The molecule has 0 fully saturated rings. The number of carboxylic acid groups (broad SMARTS) is 4. The van der Waals surface area contributed by atoms with E-state index in [4.69, 9.17) is 0 Å². The summed E-state index contributed by atoms with van der Waals surface area (Å²) in [5, 5.41) is 37.7. The lowest BCUT2D eigenvalue weighted by Gasteiger charge is -2.25. The van der Waals surface area contributed by atoms with E-state index in [2.05, 4.69) is 0 Å². The first kappa shape index (κ1) is 25.9. The van der Waals surface area contributed by atoms with Gasteiger partial charge in [0.15, 0.2) is 10.8 Å². The molecule has 0 aliphatic rings. The molecule has 0 bridgehead atoms. The summed E-state index contributed by atoms with van der Waals surface area (Å²) in [6.45, 7) is 3.73. The fraction of sp³-hybridized carbons (Fsp3) is 0.800. The number of carbonyl (C=O) groups is 4. The smallest absolute Gasteiger partial charge is 0.321 e. The summed E-state index contributed by atoms with van der Waals surface area (Å²) in [6, 6.07) is 0. The summed E-state index contributed by atoms with van der Waals surface area (Å²) in [6.07, 6.45) is 4.40. The Kier molecular flexibility index (Phi) is 11.4. The minimum Gasteiger partial charge on any atom is -0.480 e. The van der Waals surface area contributed by atoms with Crippen LogP contribution in [0.15, 0.2) is 0 Å². The SMILES string of the molecule is CCCCC(CCCCCCC(CCCC)(C(=O)O)C(=O)O)(C(=O)O)C(=O)O. The molecule has 0 atom stereocenters. The van der Waals surface area contributed by atoms with E-state index in [0.717, 1.165) is 0 Å². The van der Waals surface area contributed by atoms with E-state index in [9.17, 15) is 39.6 Å². The van der Waals surface area contributed by atoms with Crippen molar-refractivity contribution in [3.05, 3.63) is 0 Å². The predicted molar refractivity (Wildman–Crippen MR) is 102 cm³/mol. The monoisotopic (exact) mass is 402 g/mol. The molecule has 0 amide bonds. The van der Waals surface area contributed by atoms with Crippen LogP contribution in [0.4, 0.5) is 0 Å². The molecule has 0 spiro atoms. The molecule has 28 heavy (non-hydrogen) atoms. The summed E-state index contributed by atoms with van der Waals surface area (Å²) in [5.41, 5.74) is -3.58. The van der Waals surface area contributed by atoms with Gasteiger partial charge in [-0.15, -0.1) is 0 Å². The van der Waals surface area contributed by atoms with Gasteiger partial charge in [-0.3, -0.25) is 19.2 Å². The highest BCUT2D eigenvalue weighted by Crippen LogP contribution is 2.34. The number of carboxylic acids is 4. The average molecular weight is 402 g/mol. The van der Waals surface area contributed by atoms with Gasteiger partial charge >= 0.3 is 23.9 Å². The van der Waals surface area contributed by atoms with Gasteiger partial charge in [0.05, 0.1) is 0 Å². The van der Waals surface area contributed by atoms with Crippen LogP contribution in [0, 0.1) is 10.8 Å². The Hall–Kier alpha value is -2.12. The zero-order valence-corrected chi connectivity index (χ0v) is 16.9. The molecule has 0 heterocycles. The Morgan fingerprint density at radius 1 is 0.500 bits per heavy atom. The van der Waals surface area contributed by atoms with Crippen LogP contribution in [-0.4, -0.2) is 44.3 Å². The van der Waals surface area contributed by atoms with E-state index in [-0.39, 0.29) is 25.7 Å². The highest BCUT2D eigenvalue weighted by molar-refractivity contribution is 5.98. The van der Waals surface area contributed by atoms with Crippen LogP contribution in [0.5, 0.6) is 0 Å². The molecule has 162 valence electrons. The number of unbranched alkanes of at least 4 members (excludes halogenated alkanes) is 5. The van der Waals surface area contributed by atoms with Crippen LogP contribution in [-0.2, 0) is 19.2 Å². The van der Waals surface area contributed by atoms with Crippen LogP contribution < -0.4 is 0 Å². The number of rotatable bonds is 17. The van der Waals surface area contributed by atoms with Gasteiger partial charge in [-0.25, -0.2) is 0 Å². The van der Waals surface area contributed by atoms with Crippen LogP contribution in [0.3, 0.4) is 0 Å². The molecule has 0 saturated carbocycles. The quantitative estimate of drug-likeness (QED) is 0.210. The van der Waals surface area contributed by atoms with Gasteiger partial charge in [0.1, 0.15) is 0 Å². The largest absolute Gasteiger partial charge is 0.480 e. The molecule has 0 aromatic carbocycles. The zero-order valence-electron chi connectivity index (χ0n) is 16.9. The van der Waals surface area contributed by atoms with Gasteiger partial charge in [0, 0.05) is 0 Å². The molecule has 0 rings (SSSR count). The topological polar surface area (TPSA) is 149 Å². The first-order valence-corrected chi connectivity index (χ1v) is 10.0. The Morgan fingerprint density at radius 2 is 0.750 bits per heavy atom. The Balaban J connectivity index is 4.74. The lowest BCUT2D eigenvalue weighted by Crippen LogP contribution is -2.39. The molecule has 0 saturated heterocycles. The molecular formula is C20H34O8. The van der Waals surface area contributed by atoms with Gasteiger partial charge in [0.2, 0.25) is 0 Å². The van der Waals surface area contributed by atoms with Gasteiger partial charge in [0.25, 0.3) is 0 Å². The minimum absolute atomic E-state index is 0.0104. The Labute approximate surface area is 165 Å². The second kappa shape index (κ2) is 12.4. The van der Waals surface area contributed by atoms with Crippen LogP contribution in [0.1, 0.15) is 90.9 Å². The standard InChI is InChI=1S/C20H34O8/c1-3-5-11-19(15(21)22,16(23)24)13-9-7-8-10-14-20(17(25)26,18(27)28)12-6-4-2/h3-14H2,1-2H3,(H,21,22)(H,23,24)(H,25,26)(H,27,28). The molecule has 8 nitrogen and oxygen atoms in total. The fourth-order valence-corrected chi connectivity index (χ4v) is 3.45. The lowest BCUT2D eigenvalue weighted by atomic mass is 9.77. The third-order valence-electron chi connectivity index (χ3n) is 5.51. The van der Waals surface area contributed by atoms with Crippen molar-refractivity contribution >= 4 is 23.9 Å². The lowest BCUT2D eigenvalue weighted by molar-refractivity contribution is -0.168. The second-order valence-electron chi connectivity index (χ2n) is 7.51. The summed E-state index contributed by atoms with van der Waals surface area (Å²) in [7, 11) is 0. The first-order valence-electron chi connectivity index (χ1n) is 10.0. The molecule has 8 heteroatoms. The molecule has 0 radical (unpaired) electrons. The van der Waals surface area contributed by atoms with E-state index >= 15 is 0 Å². The van der Waals surface area contributed by atoms with Crippen LogP contribution >= 0.6 is 0 Å². The first-order chi connectivity index (χ1) is 13.1. The van der Waals surface area contributed by atoms with E-state index < -0.39 is 34.7 Å². The summed E-state index contributed by atoms with van der Waals surface area (Å²) < 4.78 is 0. The number of hydrogen-bond acceptors (Lipinski definition) is 4. The Bertz CT molecular complexity index is 464. The van der Waals surface area contributed by atoms with Crippen molar-refractivity contribution in [1.82, 2.24) is 0 Å². The maximum absolute atomic E-state index is 11.6. The summed E-state index contributed by atoms with van der Waals surface area (Å²) >= 11 is 0. The van der Waals surface area contributed by atoms with Crippen LogP contribution in [0.25, 0.3) is 0 Å². The van der Waals surface area contributed by atoms with Crippen molar-refractivity contribution < 1.29 is 39.6 Å². The van der Waals surface area contributed by atoms with Crippen molar-refractivity contribution in [2.24, 2.45) is 10.8 Å². The van der Waals surface area contributed by atoms with Gasteiger partial charge in [-0.05, 0) is 25.7 Å². The van der Waals surface area contributed by atoms with Crippen molar-refractivity contribution in [3.8, 4) is 0 Å². The number of aliphatic carboxylic acids is 4.